The summed E-state index contributed by atoms with van der Waals surface area (Å²) in [5, 5.41) is 4.76. The molecule has 0 spiro atoms. The fourth-order valence-corrected chi connectivity index (χ4v) is 4.20. The standard InChI is InChI=1S/C15H17N3O5S2/c1-22-13-3-2-11(25(20,21)18-10-4-6-23-9-10)8-12(13)14(19)17-15-16-5-7-24-15/h2-3,5,7-8,10,18H,4,6,9H2,1H3,(H,16,17,19)/t10-/m0/s1. The molecule has 1 aliphatic rings. The van der Waals surface area contributed by atoms with Gasteiger partial charge in [0.1, 0.15) is 5.75 Å². The van der Waals surface area contributed by atoms with Crippen LogP contribution in [0.4, 0.5) is 5.13 Å². The Balaban J connectivity index is 1.87. The fourth-order valence-electron chi connectivity index (χ4n) is 2.40. The van der Waals surface area contributed by atoms with Crippen LogP contribution in [0.5, 0.6) is 5.75 Å². The van der Waals surface area contributed by atoms with E-state index in [4.69, 9.17) is 9.47 Å². The van der Waals surface area contributed by atoms with E-state index >= 15 is 0 Å². The predicted molar refractivity (Wildman–Crippen MR) is 92.6 cm³/mol. The lowest BCUT2D eigenvalue weighted by atomic mass is 10.2. The third kappa shape index (κ3) is 4.15. The van der Waals surface area contributed by atoms with Crippen molar-refractivity contribution < 1.29 is 22.7 Å². The number of carbonyl (C=O) groups excluding carboxylic acids is 1. The number of rotatable bonds is 6. The minimum absolute atomic E-state index is 0.00973. The number of sulfonamides is 1. The molecule has 1 atom stereocenters. The van der Waals surface area contributed by atoms with Gasteiger partial charge in [-0.2, -0.15) is 0 Å². The number of methoxy groups -OCH3 is 1. The molecule has 0 radical (unpaired) electrons. The average molecular weight is 383 g/mol. The van der Waals surface area contributed by atoms with E-state index < -0.39 is 15.9 Å². The summed E-state index contributed by atoms with van der Waals surface area (Å²) in [6.45, 7) is 0.865. The van der Waals surface area contributed by atoms with Crippen LogP contribution in [0.3, 0.4) is 0 Å². The van der Waals surface area contributed by atoms with Crippen molar-refractivity contribution in [1.82, 2.24) is 9.71 Å². The first-order valence-electron chi connectivity index (χ1n) is 7.48. The zero-order valence-corrected chi connectivity index (χ0v) is 15.0. The summed E-state index contributed by atoms with van der Waals surface area (Å²) in [7, 11) is -2.35. The first kappa shape index (κ1) is 17.8. The third-order valence-electron chi connectivity index (χ3n) is 3.63. The maximum atomic E-state index is 12.5. The lowest BCUT2D eigenvalue weighted by Gasteiger charge is -2.14. The first-order chi connectivity index (χ1) is 12.0. The molecule has 25 heavy (non-hydrogen) atoms. The maximum Gasteiger partial charge on any atom is 0.261 e. The normalized spacial score (nSPS) is 17.4. The number of aromatic nitrogens is 1. The summed E-state index contributed by atoms with van der Waals surface area (Å²) in [5.74, 6) is -0.217. The van der Waals surface area contributed by atoms with Gasteiger partial charge < -0.3 is 9.47 Å². The van der Waals surface area contributed by atoms with Crippen LogP contribution in [0.1, 0.15) is 16.8 Å². The molecule has 3 rings (SSSR count). The van der Waals surface area contributed by atoms with Gasteiger partial charge in [0.05, 0.1) is 24.2 Å². The van der Waals surface area contributed by atoms with Crippen LogP contribution in [0.2, 0.25) is 0 Å². The highest BCUT2D eigenvalue weighted by molar-refractivity contribution is 7.89. The van der Waals surface area contributed by atoms with Gasteiger partial charge in [0, 0.05) is 24.2 Å². The van der Waals surface area contributed by atoms with Gasteiger partial charge in [0.2, 0.25) is 10.0 Å². The lowest BCUT2D eigenvalue weighted by Crippen LogP contribution is -2.35. The van der Waals surface area contributed by atoms with Crippen molar-refractivity contribution in [1.29, 1.82) is 0 Å². The van der Waals surface area contributed by atoms with Crippen molar-refractivity contribution in [2.75, 3.05) is 25.6 Å². The van der Waals surface area contributed by atoms with Crippen LogP contribution in [0.15, 0.2) is 34.7 Å². The van der Waals surface area contributed by atoms with Gasteiger partial charge in [0.15, 0.2) is 5.13 Å². The molecule has 1 aliphatic heterocycles. The Labute approximate surface area is 149 Å². The summed E-state index contributed by atoms with van der Waals surface area (Å²) in [6, 6.07) is 3.88. The van der Waals surface area contributed by atoms with Crippen molar-refractivity contribution in [3.63, 3.8) is 0 Å². The largest absolute Gasteiger partial charge is 0.496 e. The van der Waals surface area contributed by atoms with Gasteiger partial charge in [0.25, 0.3) is 5.91 Å². The highest BCUT2D eigenvalue weighted by Crippen LogP contribution is 2.24. The molecular formula is C15H17N3O5S2. The van der Waals surface area contributed by atoms with Crippen molar-refractivity contribution >= 4 is 32.4 Å². The number of benzene rings is 1. The molecule has 1 amide bonds. The number of hydrogen-bond acceptors (Lipinski definition) is 7. The highest BCUT2D eigenvalue weighted by Gasteiger charge is 2.25. The minimum atomic E-state index is -3.77. The lowest BCUT2D eigenvalue weighted by molar-refractivity contribution is 0.102. The number of hydrogen-bond donors (Lipinski definition) is 2. The topological polar surface area (TPSA) is 107 Å². The zero-order valence-electron chi connectivity index (χ0n) is 13.4. The molecule has 0 aliphatic carbocycles. The molecule has 0 bridgehead atoms. The number of nitrogens with one attached hydrogen (secondary N) is 2. The Bertz CT molecular complexity index is 846. The van der Waals surface area contributed by atoms with Crippen LogP contribution in [-0.4, -0.2) is 45.7 Å². The van der Waals surface area contributed by atoms with Crippen LogP contribution in [-0.2, 0) is 14.8 Å². The quantitative estimate of drug-likeness (QED) is 0.782. The Kier molecular flexibility index (Phi) is 5.33. The molecule has 1 fully saturated rings. The Hall–Kier alpha value is -2.01. The smallest absolute Gasteiger partial charge is 0.261 e. The molecule has 1 aromatic heterocycles. The van der Waals surface area contributed by atoms with Crippen LogP contribution < -0.4 is 14.8 Å². The number of amides is 1. The summed E-state index contributed by atoms with van der Waals surface area (Å²) in [5.41, 5.74) is 0.114. The molecule has 0 unspecified atom stereocenters. The zero-order chi connectivity index (χ0) is 17.9. The molecule has 1 saturated heterocycles. The second-order valence-corrected chi connectivity index (χ2v) is 7.94. The van der Waals surface area contributed by atoms with Gasteiger partial charge in [-0.25, -0.2) is 18.1 Å². The molecule has 0 saturated carbocycles. The third-order valence-corrected chi connectivity index (χ3v) is 5.84. The molecule has 2 N–H and O–H groups in total. The van der Waals surface area contributed by atoms with Crippen molar-refractivity contribution in [2.45, 2.75) is 17.4 Å². The van der Waals surface area contributed by atoms with Gasteiger partial charge in [-0.3, -0.25) is 10.1 Å². The number of anilines is 1. The number of ether oxygens (including phenoxy) is 2. The number of thiazole rings is 1. The van der Waals surface area contributed by atoms with E-state index in [1.807, 2.05) is 0 Å². The summed E-state index contributed by atoms with van der Waals surface area (Å²) in [6.07, 6.45) is 2.18. The second kappa shape index (κ2) is 7.48. The van der Waals surface area contributed by atoms with E-state index in [1.165, 1.54) is 36.6 Å². The Morgan fingerprint density at radius 3 is 2.92 bits per heavy atom. The fraction of sp³-hybridized carbons (Fsp3) is 0.333. The van der Waals surface area contributed by atoms with Crippen molar-refractivity contribution in [3.05, 3.63) is 35.3 Å². The van der Waals surface area contributed by atoms with Gasteiger partial charge >= 0.3 is 0 Å². The maximum absolute atomic E-state index is 12.5. The van der Waals surface area contributed by atoms with E-state index in [9.17, 15) is 13.2 Å². The van der Waals surface area contributed by atoms with Crippen LogP contribution in [0, 0.1) is 0 Å². The van der Waals surface area contributed by atoms with Gasteiger partial charge in [-0.1, -0.05) is 0 Å². The molecule has 2 aromatic rings. The van der Waals surface area contributed by atoms with Gasteiger partial charge in [-0.15, -0.1) is 11.3 Å². The summed E-state index contributed by atoms with van der Waals surface area (Å²) in [4.78, 5) is 16.4. The van der Waals surface area contributed by atoms with E-state index in [0.29, 0.717) is 24.8 Å². The number of nitrogens with zero attached hydrogens (tertiary/aromatic N) is 1. The SMILES string of the molecule is COc1ccc(S(=O)(=O)N[C@H]2CCOC2)cc1C(=O)Nc1nccs1. The Morgan fingerprint density at radius 1 is 1.44 bits per heavy atom. The van der Waals surface area contributed by atoms with E-state index in [1.54, 1.807) is 11.6 Å². The van der Waals surface area contributed by atoms with Crippen molar-refractivity contribution in [3.8, 4) is 5.75 Å². The number of carbonyl (C=O) groups is 1. The average Bonchev–Trinajstić information content (AvgIpc) is 3.27. The van der Waals surface area contributed by atoms with E-state index in [-0.39, 0.29) is 22.3 Å². The molecule has 2 heterocycles. The van der Waals surface area contributed by atoms with Crippen LogP contribution >= 0.6 is 11.3 Å². The van der Waals surface area contributed by atoms with E-state index in [0.717, 1.165) is 0 Å². The highest BCUT2D eigenvalue weighted by atomic mass is 32.2. The second-order valence-electron chi connectivity index (χ2n) is 5.34. The predicted octanol–water partition coefficient (Wildman–Crippen LogP) is 1.47. The van der Waals surface area contributed by atoms with Gasteiger partial charge in [-0.05, 0) is 24.6 Å². The molecule has 134 valence electrons. The monoisotopic (exact) mass is 383 g/mol. The Morgan fingerprint density at radius 2 is 2.28 bits per heavy atom. The van der Waals surface area contributed by atoms with Crippen molar-refractivity contribution in [2.24, 2.45) is 0 Å². The molecule has 8 nitrogen and oxygen atoms in total. The van der Waals surface area contributed by atoms with E-state index in [2.05, 4.69) is 15.0 Å². The first-order valence-corrected chi connectivity index (χ1v) is 9.85. The molecular weight excluding hydrogens is 366 g/mol. The molecule has 10 heteroatoms. The summed E-state index contributed by atoms with van der Waals surface area (Å²) >= 11 is 1.26. The minimum Gasteiger partial charge on any atom is -0.496 e. The molecule has 1 aromatic carbocycles. The van der Waals surface area contributed by atoms with Crippen LogP contribution in [0.25, 0.3) is 0 Å². The summed E-state index contributed by atoms with van der Waals surface area (Å²) < 4.78 is 38.0.